The zero-order valence-electron chi connectivity index (χ0n) is 15.2. The van der Waals surface area contributed by atoms with Gasteiger partial charge in [0.15, 0.2) is 0 Å². The monoisotopic (exact) mass is 360 g/mol. The Kier molecular flexibility index (Phi) is 5.16. The van der Waals surface area contributed by atoms with Gasteiger partial charge in [0.1, 0.15) is 5.75 Å². The third-order valence-corrected chi connectivity index (χ3v) is 6.08. The zero-order chi connectivity index (χ0) is 18.0. The van der Waals surface area contributed by atoms with Crippen LogP contribution in [0.2, 0.25) is 0 Å². The fourth-order valence-corrected chi connectivity index (χ4v) is 4.40. The number of morpholine rings is 1. The number of piperidine rings is 1. The van der Waals surface area contributed by atoms with Crippen LogP contribution in [0.1, 0.15) is 29.6 Å². The van der Waals surface area contributed by atoms with E-state index in [9.17, 15) is 9.90 Å². The third kappa shape index (κ3) is 3.87. The van der Waals surface area contributed by atoms with Crippen molar-refractivity contribution >= 4 is 5.91 Å². The number of phenols is 1. The van der Waals surface area contributed by atoms with Crippen molar-refractivity contribution in [2.24, 2.45) is 5.41 Å². The largest absolute Gasteiger partial charge is 0.508 e. The van der Waals surface area contributed by atoms with Gasteiger partial charge in [-0.05, 0) is 48.9 Å². The van der Waals surface area contributed by atoms with Gasteiger partial charge in [-0.25, -0.2) is 0 Å². The molecule has 1 spiro atoms. The Labute approximate surface area is 154 Å². The summed E-state index contributed by atoms with van der Waals surface area (Å²) in [5.41, 5.74) is 0.884. The van der Waals surface area contributed by atoms with Gasteiger partial charge < -0.3 is 19.5 Å². The van der Waals surface area contributed by atoms with Crippen molar-refractivity contribution in [2.45, 2.75) is 25.4 Å². The Morgan fingerprint density at radius 2 is 1.81 bits per heavy atom. The first-order valence-electron chi connectivity index (χ1n) is 9.64. The number of amides is 1. The molecular weight excluding hydrogens is 332 g/mol. The highest BCUT2D eigenvalue weighted by molar-refractivity contribution is 5.94. The maximum atomic E-state index is 12.6. The van der Waals surface area contributed by atoms with Crippen LogP contribution >= 0.6 is 0 Å². The molecule has 6 heteroatoms. The van der Waals surface area contributed by atoms with Crippen LogP contribution in [0.4, 0.5) is 0 Å². The summed E-state index contributed by atoms with van der Waals surface area (Å²) in [6, 6.07) is 6.53. The normalized spacial score (nSPS) is 26.3. The molecule has 0 unspecified atom stereocenters. The summed E-state index contributed by atoms with van der Waals surface area (Å²) in [7, 11) is 0. The highest BCUT2D eigenvalue weighted by Crippen LogP contribution is 2.42. The van der Waals surface area contributed by atoms with E-state index in [-0.39, 0.29) is 17.1 Å². The molecule has 1 amide bonds. The number of nitrogens with zero attached hydrogens (tertiary/aromatic N) is 2. The predicted octanol–water partition coefficient (Wildman–Crippen LogP) is 1.74. The average molecular weight is 360 g/mol. The highest BCUT2D eigenvalue weighted by atomic mass is 16.5. The molecule has 0 saturated carbocycles. The van der Waals surface area contributed by atoms with Gasteiger partial charge in [-0.1, -0.05) is 0 Å². The number of aromatic hydroxyl groups is 1. The standard InChI is InChI=1S/C20H28N2O4/c23-17-3-1-16(2-4-17)19(24)22-7-5-20(6-8-22)13-18(26-15-20)14-21-9-11-25-12-10-21/h1-4,18,23H,5-15H2/t18-/m1/s1. The number of hydrogen-bond donors (Lipinski definition) is 1. The number of carbonyl (C=O) groups excluding carboxylic acids is 1. The van der Waals surface area contributed by atoms with E-state index in [0.717, 1.165) is 71.8 Å². The van der Waals surface area contributed by atoms with Gasteiger partial charge in [0.2, 0.25) is 0 Å². The molecule has 1 aromatic carbocycles. The Balaban J connectivity index is 1.29. The Bertz CT molecular complexity index is 619. The SMILES string of the molecule is O=C(c1ccc(O)cc1)N1CCC2(CC1)CO[C@@H](CN1CCOCC1)C2. The molecule has 142 valence electrons. The van der Waals surface area contributed by atoms with E-state index >= 15 is 0 Å². The molecule has 0 radical (unpaired) electrons. The minimum absolute atomic E-state index is 0.0589. The van der Waals surface area contributed by atoms with Crippen LogP contribution in [0, 0.1) is 5.41 Å². The lowest BCUT2D eigenvalue weighted by atomic mass is 9.76. The summed E-state index contributed by atoms with van der Waals surface area (Å²) >= 11 is 0. The zero-order valence-corrected chi connectivity index (χ0v) is 15.2. The number of benzene rings is 1. The van der Waals surface area contributed by atoms with Crippen LogP contribution in [0.25, 0.3) is 0 Å². The minimum atomic E-state index is 0.0589. The second-order valence-electron chi connectivity index (χ2n) is 7.89. The second kappa shape index (κ2) is 7.55. The number of carbonyl (C=O) groups is 1. The minimum Gasteiger partial charge on any atom is -0.508 e. The molecule has 3 heterocycles. The molecule has 4 rings (SSSR count). The molecule has 3 saturated heterocycles. The smallest absolute Gasteiger partial charge is 0.253 e. The summed E-state index contributed by atoms with van der Waals surface area (Å²) in [6.07, 6.45) is 3.44. The molecule has 26 heavy (non-hydrogen) atoms. The lowest BCUT2D eigenvalue weighted by molar-refractivity contribution is 0.00524. The highest BCUT2D eigenvalue weighted by Gasteiger charge is 2.43. The van der Waals surface area contributed by atoms with Crippen molar-refractivity contribution in [3.8, 4) is 5.75 Å². The van der Waals surface area contributed by atoms with Crippen molar-refractivity contribution in [3.05, 3.63) is 29.8 Å². The second-order valence-corrected chi connectivity index (χ2v) is 7.89. The summed E-state index contributed by atoms with van der Waals surface area (Å²) in [5, 5.41) is 9.38. The number of ether oxygens (including phenoxy) is 2. The van der Waals surface area contributed by atoms with Crippen molar-refractivity contribution in [2.75, 3.05) is 52.5 Å². The predicted molar refractivity (Wildman–Crippen MR) is 97.3 cm³/mol. The van der Waals surface area contributed by atoms with E-state index < -0.39 is 0 Å². The lowest BCUT2D eigenvalue weighted by Gasteiger charge is -2.38. The van der Waals surface area contributed by atoms with E-state index in [2.05, 4.69) is 4.90 Å². The molecule has 3 aliphatic rings. The molecule has 3 aliphatic heterocycles. The van der Waals surface area contributed by atoms with Crippen LogP contribution < -0.4 is 0 Å². The van der Waals surface area contributed by atoms with Crippen LogP contribution in [-0.4, -0.2) is 79.5 Å². The first-order valence-corrected chi connectivity index (χ1v) is 9.64. The Morgan fingerprint density at radius 3 is 2.50 bits per heavy atom. The van der Waals surface area contributed by atoms with Gasteiger partial charge in [-0.3, -0.25) is 9.69 Å². The molecular formula is C20H28N2O4. The quantitative estimate of drug-likeness (QED) is 0.890. The lowest BCUT2D eigenvalue weighted by Crippen LogP contribution is -2.44. The molecule has 0 bridgehead atoms. The molecule has 0 aromatic heterocycles. The summed E-state index contributed by atoms with van der Waals surface area (Å²) in [5.74, 6) is 0.247. The van der Waals surface area contributed by atoms with Crippen LogP contribution in [0.15, 0.2) is 24.3 Å². The maximum Gasteiger partial charge on any atom is 0.253 e. The molecule has 3 fully saturated rings. The summed E-state index contributed by atoms with van der Waals surface area (Å²) < 4.78 is 11.5. The van der Waals surface area contributed by atoms with E-state index in [1.54, 1.807) is 24.3 Å². The fraction of sp³-hybridized carbons (Fsp3) is 0.650. The fourth-order valence-electron chi connectivity index (χ4n) is 4.40. The van der Waals surface area contributed by atoms with Crippen molar-refractivity contribution < 1.29 is 19.4 Å². The van der Waals surface area contributed by atoms with Crippen molar-refractivity contribution in [1.82, 2.24) is 9.80 Å². The van der Waals surface area contributed by atoms with Gasteiger partial charge in [0.05, 0.1) is 25.9 Å². The number of hydrogen-bond acceptors (Lipinski definition) is 5. The van der Waals surface area contributed by atoms with Gasteiger partial charge in [0, 0.05) is 38.3 Å². The molecule has 6 nitrogen and oxygen atoms in total. The van der Waals surface area contributed by atoms with Crippen molar-refractivity contribution in [1.29, 1.82) is 0 Å². The first-order chi connectivity index (χ1) is 12.6. The maximum absolute atomic E-state index is 12.6. The van der Waals surface area contributed by atoms with Gasteiger partial charge in [-0.2, -0.15) is 0 Å². The Morgan fingerprint density at radius 1 is 1.12 bits per heavy atom. The summed E-state index contributed by atoms with van der Waals surface area (Å²) in [4.78, 5) is 17.0. The van der Waals surface area contributed by atoms with E-state index in [4.69, 9.17) is 9.47 Å². The molecule has 1 atom stereocenters. The van der Waals surface area contributed by atoms with Crippen LogP contribution in [0.3, 0.4) is 0 Å². The van der Waals surface area contributed by atoms with Crippen LogP contribution in [-0.2, 0) is 9.47 Å². The van der Waals surface area contributed by atoms with Gasteiger partial charge in [-0.15, -0.1) is 0 Å². The number of likely N-dealkylation sites (tertiary alicyclic amines) is 1. The number of rotatable bonds is 3. The number of phenolic OH excluding ortho intramolecular Hbond substituents is 1. The summed E-state index contributed by atoms with van der Waals surface area (Å²) in [6.45, 7) is 7.05. The first kappa shape index (κ1) is 17.8. The van der Waals surface area contributed by atoms with Gasteiger partial charge >= 0.3 is 0 Å². The average Bonchev–Trinajstić information content (AvgIpc) is 3.05. The Hall–Kier alpha value is -1.63. The molecule has 1 aromatic rings. The third-order valence-electron chi connectivity index (χ3n) is 6.08. The van der Waals surface area contributed by atoms with E-state index in [0.29, 0.717) is 11.7 Å². The van der Waals surface area contributed by atoms with E-state index in [1.807, 2.05) is 4.90 Å². The molecule has 0 aliphatic carbocycles. The van der Waals surface area contributed by atoms with Gasteiger partial charge in [0.25, 0.3) is 5.91 Å². The van der Waals surface area contributed by atoms with E-state index in [1.165, 1.54) is 0 Å². The topological polar surface area (TPSA) is 62.2 Å². The van der Waals surface area contributed by atoms with Crippen molar-refractivity contribution in [3.63, 3.8) is 0 Å². The molecule has 1 N–H and O–H groups in total. The van der Waals surface area contributed by atoms with Crippen LogP contribution in [0.5, 0.6) is 5.75 Å².